The molecule has 112 valence electrons. The fraction of sp³-hybridized carbons (Fsp3) is 0.600. The monoisotopic (exact) mass is 288 g/mol. The highest BCUT2D eigenvalue weighted by atomic mass is 16.2. The van der Waals surface area contributed by atoms with Gasteiger partial charge >= 0.3 is 0 Å². The molecule has 1 aromatic rings. The van der Waals surface area contributed by atoms with Gasteiger partial charge in [-0.3, -0.25) is 9.59 Å². The Bertz CT molecular complexity index is 514. The van der Waals surface area contributed by atoms with E-state index in [-0.39, 0.29) is 30.3 Å². The van der Waals surface area contributed by atoms with E-state index in [2.05, 4.69) is 15.3 Å². The molecule has 1 aliphatic heterocycles. The van der Waals surface area contributed by atoms with Crippen LogP contribution >= 0.6 is 0 Å². The van der Waals surface area contributed by atoms with Crippen LogP contribution in [0.15, 0.2) is 18.6 Å². The van der Waals surface area contributed by atoms with Gasteiger partial charge in [-0.25, -0.2) is 9.97 Å². The minimum atomic E-state index is -0.353. The predicted molar refractivity (Wildman–Crippen MR) is 76.0 cm³/mol. The summed E-state index contributed by atoms with van der Waals surface area (Å²) in [4.78, 5) is 34.2. The summed E-state index contributed by atoms with van der Waals surface area (Å²) in [6, 6.07) is 1.42. The molecule has 1 aromatic heterocycles. The van der Waals surface area contributed by atoms with Crippen molar-refractivity contribution in [3.8, 4) is 0 Å². The van der Waals surface area contributed by atoms with Crippen LogP contribution in [0.3, 0.4) is 0 Å². The third kappa shape index (κ3) is 3.20. The van der Waals surface area contributed by atoms with Crippen LogP contribution in [0.2, 0.25) is 0 Å². The van der Waals surface area contributed by atoms with E-state index >= 15 is 0 Å². The molecule has 21 heavy (non-hydrogen) atoms. The molecule has 2 fully saturated rings. The number of nitrogens with zero attached hydrogens (tertiary/aromatic N) is 3. The van der Waals surface area contributed by atoms with E-state index in [1.807, 2.05) is 0 Å². The van der Waals surface area contributed by atoms with Crippen molar-refractivity contribution in [3.63, 3.8) is 0 Å². The zero-order chi connectivity index (χ0) is 14.7. The maximum absolute atomic E-state index is 12.6. The first kappa shape index (κ1) is 14.0. The van der Waals surface area contributed by atoms with Crippen LogP contribution < -0.4 is 5.32 Å². The third-order valence-electron chi connectivity index (χ3n) is 4.35. The van der Waals surface area contributed by atoms with E-state index in [1.54, 1.807) is 17.2 Å². The fourth-order valence-corrected chi connectivity index (χ4v) is 3.26. The van der Waals surface area contributed by atoms with Gasteiger partial charge in [0.05, 0.1) is 12.2 Å². The summed E-state index contributed by atoms with van der Waals surface area (Å²) >= 11 is 0. The number of carbonyl (C=O) groups is 2. The molecule has 0 aromatic carbocycles. The molecule has 1 atom stereocenters. The number of hydrogen-bond acceptors (Lipinski definition) is 4. The Balaban J connectivity index is 1.72. The van der Waals surface area contributed by atoms with Gasteiger partial charge in [0, 0.05) is 6.20 Å². The lowest BCUT2D eigenvalue weighted by atomic mass is 9.82. The highest BCUT2D eigenvalue weighted by Crippen LogP contribution is 2.28. The van der Waals surface area contributed by atoms with Gasteiger partial charge in [-0.1, -0.05) is 19.3 Å². The first-order chi connectivity index (χ1) is 10.2. The lowest BCUT2D eigenvalue weighted by molar-refractivity contribution is -0.146. The summed E-state index contributed by atoms with van der Waals surface area (Å²) in [5.41, 5.74) is 0.760. The van der Waals surface area contributed by atoms with E-state index in [0.29, 0.717) is 6.54 Å². The van der Waals surface area contributed by atoms with Crippen LogP contribution in [0.5, 0.6) is 0 Å². The molecular weight excluding hydrogens is 268 g/mol. The Morgan fingerprint density at radius 2 is 2.05 bits per heavy atom. The average molecular weight is 288 g/mol. The quantitative estimate of drug-likeness (QED) is 0.896. The Labute approximate surface area is 124 Å². The van der Waals surface area contributed by atoms with Gasteiger partial charge in [-0.2, -0.15) is 0 Å². The summed E-state index contributed by atoms with van der Waals surface area (Å²) in [5, 5.41) is 2.89. The van der Waals surface area contributed by atoms with Crippen molar-refractivity contribution in [2.45, 2.75) is 44.7 Å². The minimum Gasteiger partial charge on any atom is -0.342 e. The number of carbonyl (C=O) groups excluding carboxylic acids is 2. The summed E-state index contributed by atoms with van der Waals surface area (Å²) in [6.45, 7) is 0.490. The smallest absolute Gasteiger partial charge is 0.246 e. The Morgan fingerprint density at radius 3 is 2.76 bits per heavy atom. The van der Waals surface area contributed by atoms with Gasteiger partial charge in [0.15, 0.2) is 0 Å². The largest absolute Gasteiger partial charge is 0.342 e. The van der Waals surface area contributed by atoms with Crippen molar-refractivity contribution in [2.75, 3.05) is 6.54 Å². The van der Waals surface area contributed by atoms with E-state index in [0.717, 1.165) is 31.4 Å². The van der Waals surface area contributed by atoms with Crippen molar-refractivity contribution >= 4 is 11.8 Å². The highest BCUT2D eigenvalue weighted by Gasteiger charge is 2.38. The molecule has 1 aliphatic carbocycles. The SMILES string of the molecule is O=C1CN(Cc2ccncn2)C(=O)C(C2CCCCC2)N1. The van der Waals surface area contributed by atoms with Crippen molar-refractivity contribution < 1.29 is 9.59 Å². The van der Waals surface area contributed by atoms with Gasteiger partial charge in [-0.05, 0) is 24.8 Å². The number of hydrogen-bond donors (Lipinski definition) is 1. The van der Waals surface area contributed by atoms with Crippen LogP contribution in [0.1, 0.15) is 37.8 Å². The molecule has 2 amide bonds. The van der Waals surface area contributed by atoms with Crippen LogP contribution in [0, 0.1) is 5.92 Å². The summed E-state index contributed by atoms with van der Waals surface area (Å²) < 4.78 is 0. The number of nitrogens with one attached hydrogen (secondary N) is 1. The number of rotatable bonds is 3. The zero-order valence-corrected chi connectivity index (χ0v) is 12.0. The maximum Gasteiger partial charge on any atom is 0.246 e. The topological polar surface area (TPSA) is 75.2 Å². The predicted octanol–water partition coefficient (Wildman–Crippen LogP) is 0.884. The zero-order valence-electron chi connectivity index (χ0n) is 12.0. The minimum absolute atomic E-state index is 0.0279. The fourth-order valence-electron chi connectivity index (χ4n) is 3.26. The van der Waals surface area contributed by atoms with Crippen LogP contribution in [0.25, 0.3) is 0 Å². The van der Waals surface area contributed by atoms with E-state index in [1.165, 1.54) is 12.7 Å². The lowest BCUT2D eigenvalue weighted by Crippen LogP contribution is -2.60. The van der Waals surface area contributed by atoms with Crippen LogP contribution in [-0.2, 0) is 16.1 Å². The molecule has 6 nitrogen and oxygen atoms in total. The standard InChI is InChI=1S/C15H20N4O2/c20-13-9-19(8-12-6-7-16-10-17-12)15(21)14(18-13)11-4-2-1-3-5-11/h6-7,10-11,14H,1-5,8-9H2,(H,18,20). The van der Waals surface area contributed by atoms with Gasteiger partial charge in [0.1, 0.15) is 18.9 Å². The van der Waals surface area contributed by atoms with Crippen molar-refractivity contribution in [2.24, 2.45) is 5.92 Å². The Morgan fingerprint density at radius 1 is 1.24 bits per heavy atom. The second-order valence-electron chi connectivity index (χ2n) is 5.84. The van der Waals surface area contributed by atoms with Crippen LogP contribution in [-0.4, -0.2) is 39.3 Å². The van der Waals surface area contributed by atoms with Gasteiger partial charge in [0.25, 0.3) is 0 Å². The number of amides is 2. The second-order valence-corrected chi connectivity index (χ2v) is 5.84. The molecule has 1 saturated carbocycles. The second kappa shape index (κ2) is 6.20. The maximum atomic E-state index is 12.6. The molecule has 2 heterocycles. The first-order valence-electron chi connectivity index (χ1n) is 7.57. The molecular formula is C15H20N4O2. The van der Waals surface area contributed by atoms with E-state index < -0.39 is 0 Å². The highest BCUT2D eigenvalue weighted by molar-refractivity contribution is 5.95. The molecule has 1 unspecified atom stereocenters. The lowest BCUT2D eigenvalue weighted by Gasteiger charge is -2.37. The van der Waals surface area contributed by atoms with Gasteiger partial charge in [0.2, 0.25) is 11.8 Å². The van der Waals surface area contributed by atoms with Crippen molar-refractivity contribution in [3.05, 3.63) is 24.3 Å². The summed E-state index contributed by atoms with van der Waals surface area (Å²) in [5.74, 6) is 0.239. The molecule has 2 aliphatic rings. The molecule has 0 spiro atoms. The van der Waals surface area contributed by atoms with E-state index in [9.17, 15) is 9.59 Å². The number of aromatic nitrogens is 2. The first-order valence-corrected chi connectivity index (χ1v) is 7.57. The third-order valence-corrected chi connectivity index (χ3v) is 4.35. The molecule has 0 bridgehead atoms. The van der Waals surface area contributed by atoms with Gasteiger partial charge in [-0.15, -0.1) is 0 Å². The van der Waals surface area contributed by atoms with Crippen molar-refractivity contribution in [1.29, 1.82) is 0 Å². The number of piperazine rings is 1. The molecule has 3 rings (SSSR count). The molecule has 6 heteroatoms. The molecule has 1 N–H and O–H groups in total. The summed E-state index contributed by atoms with van der Waals surface area (Å²) in [6.07, 6.45) is 8.69. The Kier molecular flexibility index (Phi) is 4.13. The Hall–Kier alpha value is -1.98. The van der Waals surface area contributed by atoms with Crippen molar-refractivity contribution in [1.82, 2.24) is 20.2 Å². The summed E-state index contributed by atoms with van der Waals surface area (Å²) in [7, 11) is 0. The average Bonchev–Trinajstić information content (AvgIpc) is 2.52. The van der Waals surface area contributed by atoms with Gasteiger partial charge < -0.3 is 10.2 Å². The van der Waals surface area contributed by atoms with Crippen LogP contribution in [0.4, 0.5) is 0 Å². The normalized spacial score (nSPS) is 24.0. The molecule has 1 saturated heterocycles. The van der Waals surface area contributed by atoms with E-state index in [4.69, 9.17) is 0 Å². The molecule has 0 radical (unpaired) electrons.